The summed E-state index contributed by atoms with van der Waals surface area (Å²) in [4.78, 5) is 14.5. The summed E-state index contributed by atoms with van der Waals surface area (Å²) in [6.07, 6.45) is 0.705. The van der Waals surface area contributed by atoms with E-state index < -0.39 is 0 Å². The molecule has 0 radical (unpaired) electrons. The van der Waals surface area contributed by atoms with Gasteiger partial charge in [-0.2, -0.15) is 0 Å². The Morgan fingerprint density at radius 1 is 1.53 bits per heavy atom. The highest BCUT2D eigenvalue weighted by Gasteiger charge is 2.20. The third-order valence-electron chi connectivity index (χ3n) is 2.29. The number of hydrogen-bond donors (Lipinski definition) is 0. The topological polar surface area (TPSA) is 55.3 Å². The van der Waals surface area contributed by atoms with E-state index in [0.29, 0.717) is 36.9 Å². The summed E-state index contributed by atoms with van der Waals surface area (Å²) in [5.41, 5.74) is 0.747. The second-order valence-electron chi connectivity index (χ2n) is 3.38. The van der Waals surface area contributed by atoms with Gasteiger partial charge in [0.25, 0.3) is 5.91 Å². The SMILES string of the molecule is CCc1nnsc1C(=O)N(CCCl)CCOC. The maximum absolute atomic E-state index is 12.2. The Balaban J connectivity index is 2.76. The number of methoxy groups -OCH3 is 1. The van der Waals surface area contributed by atoms with Gasteiger partial charge in [-0.1, -0.05) is 11.4 Å². The van der Waals surface area contributed by atoms with Crippen molar-refractivity contribution in [2.24, 2.45) is 0 Å². The first-order valence-electron chi connectivity index (χ1n) is 5.40. The zero-order valence-electron chi connectivity index (χ0n) is 9.98. The predicted octanol–water partition coefficient (Wildman–Crippen LogP) is 1.43. The Hall–Kier alpha value is -0.720. The van der Waals surface area contributed by atoms with Gasteiger partial charge < -0.3 is 9.64 Å². The number of rotatable bonds is 7. The fraction of sp³-hybridized carbons (Fsp3) is 0.700. The number of ether oxygens (including phenoxy) is 1. The molecule has 0 fully saturated rings. The fourth-order valence-electron chi connectivity index (χ4n) is 1.36. The predicted molar refractivity (Wildman–Crippen MR) is 67.8 cm³/mol. The van der Waals surface area contributed by atoms with Crippen LogP contribution < -0.4 is 0 Å². The van der Waals surface area contributed by atoms with Crippen LogP contribution in [-0.2, 0) is 11.2 Å². The van der Waals surface area contributed by atoms with Crippen molar-refractivity contribution in [3.63, 3.8) is 0 Å². The Labute approximate surface area is 110 Å². The first-order chi connectivity index (χ1) is 8.24. The number of aromatic nitrogens is 2. The average Bonchev–Trinajstić information content (AvgIpc) is 2.81. The molecule has 1 aromatic rings. The lowest BCUT2D eigenvalue weighted by Crippen LogP contribution is -2.35. The summed E-state index contributed by atoms with van der Waals surface area (Å²) in [5, 5.41) is 3.94. The molecule has 0 aliphatic heterocycles. The van der Waals surface area contributed by atoms with Gasteiger partial charge in [0.15, 0.2) is 0 Å². The Morgan fingerprint density at radius 3 is 2.88 bits per heavy atom. The van der Waals surface area contributed by atoms with Crippen LogP contribution in [0.5, 0.6) is 0 Å². The molecule has 1 heterocycles. The minimum absolute atomic E-state index is 0.0606. The molecule has 5 nitrogen and oxygen atoms in total. The van der Waals surface area contributed by atoms with E-state index in [1.54, 1.807) is 12.0 Å². The molecule has 1 rings (SSSR count). The Kier molecular flexibility index (Phi) is 6.39. The van der Waals surface area contributed by atoms with Gasteiger partial charge in [0.1, 0.15) is 4.88 Å². The summed E-state index contributed by atoms with van der Waals surface area (Å²) in [6.45, 7) is 3.48. The highest BCUT2D eigenvalue weighted by Crippen LogP contribution is 2.14. The van der Waals surface area contributed by atoms with E-state index in [1.807, 2.05) is 6.92 Å². The van der Waals surface area contributed by atoms with Crippen LogP contribution >= 0.6 is 23.1 Å². The summed E-state index contributed by atoms with van der Waals surface area (Å²) < 4.78 is 8.79. The van der Waals surface area contributed by atoms with Gasteiger partial charge in [-0.25, -0.2) is 0 Å². The lowest BCUT2D eigenvalue weighted by Gasteiger charge is -2.20. The number of alkyl halides is 1. The van der Waals surface area contributed by atoms with E-state index in [-0.39, 0.29) is 5.91 Å². The normalized spacial score (nSPS) is 10.5. The van der Waals surface area contributed by atoms with Crippen LogP contribution in [0.25, 0.3) is 0 Å². The highest BCUT2D eigenvalue weighted by atomic mass is 35.5. The third kappa shape index (κ3) is 3.90. The number of carbonyl (C=O) groups excluding carboxylic acids is 1. The zero-order valence-corrected chi connectivity index (χ0v) is 11.6. The second-order valence-corrected chi connectivity index (χ2v) is 4.51. The van der Waals surface area contributed by atoms with Gasteiger partial charge in [0.05, 0.1) is 12.3 Å². The molecule has 96 valence electrons. The molecule has 1 aromatic heterocycles. The monoisotopic (exact) mass is 277 g/mol. The molecule has 0 N–H and O–H groups in total. The van der Waals surface area contributed by atoms with E-state index in [9.17, 15) is 4.79 Å². The number of hydrogen-bond acceptors (Lipinski definition) is 5. The van der Waals surface area contributed by atoms with E-state index >= 15 is 0 Å². The first kappa shape index (κ1) is 14.3. The molecule has 17 heavy (non-hydrogen) atoms. The number of aryl methyl sites for hydroxylation is 1. The first-order valence-corrected chi connectivity index (χ1v) is 6.70. The molecule has 0 aliphatic rings. The molecular weight excluding hydrogens is 262 g/mol. The van der Waals surface area contributed by atoms with E-state index in [2.05, 4.69) is 9.59 Å². The minimum atomic E-state index is -0.0606. The maximum Gasteiger partial charge on any atom is 0.267 e. The van der Waals surface area contributed by atoms with Gasteiger partial charge in [-0.15, -0.1) is 16.7 Å². The van der Waals surface area contributed by atoms with Crippen LogP contribution in [-0.4, -0.2) is 53.1 Å². The average molecular weight is 278 g/mol. The van der Waals surface area contributed by atoms with Gasteiger partial charge in [0.2, 0.25) is 0 Å². The zero-order chi connectivity index (χ0) is 12.7. The quantitative estimate of drug-likeness (QED) is 0.708. The number of nitrogens with zero attached hydrogens (tertiary/aromatic N) is 3. The number of halogens is 1. The smallest absolute Gasteiger partial charge is 0.267 e. The van der Waals surface area contributed by atoms with Gasteiger partial charge in [-0.3, -0.25) is 4.79 Å². The molecule has 0 saturated heterocycles. The van der Waals surface area contributed by atoms with E-state index in [4.69, 9.17) is 16.3 Å². The molecule has 0 atom stereocenters. The van der Waals surface area contributed by atoms with Crippen LogP contribution in [0.3, 0.4) is 0 Å². The van der Waals surface area contributed by atoms with Crippen LogP contribution in [0, 0.1) is 0 Å². The van der Waals surface area contributed by atoms with Crippen molar-refractivity contribution >= 4 is 29.0 Å². The molecule has 0 saturated carbocycles. The van der Waals surface area contributed by atoms with Crippen molar-refractivity contribution in [1.29, 1.82) is 0 Å². The van der Waals surface area contributed by atoms with Crippen molar-refractivity contribution in [2.45, 2.75) is 13.3 Å². The van der Waals surface area contributed by atoms with Crippen molar-refractivity contribution < 1.29 is 9.53 Å². The molecule has 1 amide bonds. The van der Waals surface area contributed by atoms with Crippen LogP contribution in [0.1, 0.15) is 22.3 Å². The third-order valence-corrected chi connectivity index (χ3v) is 3.22. The maximum atomic E-state index is 12.2. The molecular formula is C10H16ClN3O2S. The molecule has 0 bridgehead atoms. The Morgan fingerprint density at radius 2 is 2.29 bits per heavy atom. The molecule has 0 aliphatic carbocycles. The van der Waals surface area contributed by atoms with Crippen molar-refractivity contribution in [1.82, 2.24) is 14.5 Å². The van der Waals surface area contributed by atoms with Crippen molar-refractivity contribution in [3.8, 4) is 0 Å². The number of amides is 1. The molecule has 7 heteroatoms. The molecule has 0 unspecified atom stereocenters. The lowest BCUT2D eigenvalue weighted by atomic mass is 10.2. The summed E-state index contributed by atoms with van der Waals surface area (Å²) in [5.74, 6) is 0.345. The standard InChI is InChI=1S/C10H16ClN3O2S/c1-3-8-9(17-13-12-8)10(15)14(5-4-11)6-7-16-2/h3-7H2,1-2H3. The molecule has 0 spiro atoms. The largest absolute Gasteiger partial charge is 0.383 e. The van der Waals surface area contributed by atoms with Gasteiger partial charge in [0, 0.05) is 26.1 Å². The van der Waals surface area contributed by atoms with Crippen LogP contribution in [0.4, 0.5) is 0 Å². The van der Waals surface area contributed by atoms with Crippen molar-refractivity contribution in [2.75, 3.05) is 32.7 Å². The summed E-state index contributed by atoms with van der Waals surface area (Å²) in [6, 6.07) is 0. The number of carbonyl (C=O) groups is 1. The fourth-order valence-corrected chi connectivity index (χ4v) is 2.29. The van der Waals surface area contributed by atoms with E-state index in [0.717, 1.165) is 17.2 Å². The Bertz CT molecular complexity index is 359. The van der Waals surface area contributed by atoms with Gasteiger partial charge >= 0.3 is 0 Å². The minimum Gasteiger partial charge on any atom is -0.383 e. The van der Waals surface area contributed by atoms with E-state index in [1.165, 1.54) is 0 Å². The summed E-state index contributed by atoms with van der Waals surface area (Å²) >= 11 is 6.83. The molecule has 0 aromatic carbocycles. The lowest BCUT2D eigenvalue weighted by molar-refractivity contribution is 0.0711. The van der Waals surface area contributed by atoms with Crippen molar-refractivity contribution in [3.05, 3.63) is 10.6 Å². The van der Waals surface area contributed by atoms with Crippen LogP contribution in [0.2, 0.25) is 0 Å². The van der Waals surface area contributed by atoms with Crippen LogP contribution in [0.15, 0.2) is 0 Å². The highest BCUT2D eigenvalue weighted by molar-refractivity contribution is 7.08. The summed E-state index contributed by atoms with van der Waals surface area (Å²) in [7, 11) is 1.61. The van der Waals surface area contributed by atoms with Gasteiger partial charge in [-0.05, 0) is 18.0 Å². The second kappa shape index (κ2) is 7.58.